The van der Waals surface area contributed by atoms with Gasteiger partial charge < -0.3 is 0 Å². The van der Waals surface area contributed by atoms with Gasteiger partial charge >= 0.3 is 0 Å². The Morgan fingerprint density at radius 1 is 1.08 bits per heavy atom. The highest BCUT2D eigenvalue weighted by atomic mass is 14.0. The first-order chi connectivity index (χ1) is 5.76. The lowest BCUT2D eigenvalue weighted by Gasteiger charge is -2.04. The first kappa shape index (κ1) is 11.2. The van der Waals surface area contributed by atoms with Gasteiger partial charge in [0.15, 0.2) is 0 Å². The van der Waals surface area contributed by atoms with Crippen molar-refractivity contribution < 1.29 is 0 Å². The summed E-state index contributed by atoms with van der Waals surface area (Å²) in [7, 11) is 0. The molecule has 0 nitrogen and oxygen atoms in total. The summed E-state index contributed by atoms with van der Waals surface area (Å²) in [5.41, 5.74) is 2.87. The Bertz CT molecular complexity index is 192. The minimum Gasteiger partial charge on any atom is -0.0917 e. The van der Waals surface area contributed by atoms with Crippen molar-refractivity contribution in [3.8, 4) is 0 Å². The van der Waals surface area contributed by atoms with Crippen LogP contribution in [0.3, 0.4) is 0 Å². The molecule has 0 saturated carbocycles. The van der Waals surface area contributed by atoms with Gasteiger partial charge in [-0.2, -0.15) is 0 Å². The molecule has 0 aliphatic heterocycles. The highest BCUT2D eigenvalue weighted by Gasteiger charge is 1.95. The second-order valence-electron chi connectivity index (χ2n) is 2.89. The third kappa shape index (κ3) is 4.17. The maximum Gasteiger partial charge on any atom is -0.0245 e. The third-order valence-electron chi connectivity index (χ3n) is 2.10. The predicted molar refractivity (Wildman–Crippen MR) is 57.2 cm³/mol. The van der Waals surface area contributed by atoms with Crippen LogP contribution in [0.25, 0.3) is 0 Å². The lowest BCUT2D eigenvalue weighted by atomic mass is 10.0. The lowest BCUT2D eigenvalue weighted by Crippen LogP contribution is -1.84. The topological polar surface area (TPSA) is 0 Å². The Kier molecular flexibility index (Phi) is 6.45. The fourth-order valence-electron chi connectivity index (χ4n) is 1.16. The van der Waals surface area contributed by atoms with Crippen LogP contribution in [0.4, 0.5) is 0 Å². The number of allylic oxidation sites excluding steroid dienone is 6. The van der Waals surface area contributed by atoms with Gasteiger partial charge in [-0.1, -0.05) is 29.9 Å². The van der Waals surface area contributed by atoms with Crippen molar-refractivity contribution in [2.45, 2.75) is 40.5 Å². The molecule has 0 amide bonds. The summed E-state index contributed by atoms with van der Waals surface area (Å²) in [6.45, 7) is 8.44. The Labute approximate surface area is 76.7 Å². The Morgan fingerprint density at radius 3 is 2.17 bits per heavy atom. The van der Waals surface area contributed by atoms with E-state index in [0.717, 1.165) is 12.8 Å². The van der Waals surface area contributed by atoms with Crippen LogP contribution in [-0.4, -0.2) is 0 Å². The van der Waals surface area contributed by atoms with Crippen molar-refractivity contribution in [3.05, 3.63) is 35.5 Å². The largest absolute Gasteiger partial charge is 0.0917 e. The fourth-order valence-corrected chi connectivity index (χ4v) is 1.16. The van der Waals surface area contributed by atoms with Crippen molar-refractivity contribution in [1.29, 1.82) is 0 Å². The van der Waals surface area contributed by atoms with E-state index in [-0.39, 0.29) is 0 Å². The van der Waals surface area contributed by atoms with E-state index in [1.807, 2.05) is 0 Å². The molecule has 0 heterocycles. The smallest absolute Gasteiger partial charge is 0.0245 e. The molecular weight excluding hydrogens is 144 g/mol. The molecule has 0 heteroatoms. The number of hydrogen-bond acceptors (Lipinski definition) is 0. The minimum atomic E-state index is 1.15. The summed E-state index contributed by atoms with van der Waals surface area (Å²) in [6.07, 6.45) is 11.0. The molecule has 0 fully saturated rings. The lowest BCUT2D eigenvalue weighted by molar-refractivity contribution is 0.978. The maximum absolute atomic E-state index is 2.21. The van der Waals surface area contributed by atoms with Crippen LogP contribution >= 0.6 is 0 Å². The molecule has 0 radical (unpaired) electrons. The molecule has 0 rings (SSSR count). The summed E-state index contributed by atoms with van der Waals surface area (Å²) in [5.74, 6) is 0. The molecule has 0 aromatic heterocycles. The first-order valence-electron chi connectivity index (χ1n) is 4.65. The van der Waals surface area contributed by atoms with Crippen molar-refractivity contribution in [3.63, 3.8) is 0 Å². The number of rotatable bonds is 4. The molecule has 12 heavy (non-hydrogen) atoms. The monoisotopic (exact) mass is 164 g/mol. The zero-order valence-electron chi connectivity index (χ0n) is 8.72. The van der Waals surface area contributed by atoms with Gasteiger partial charge in [0.25, 0.3) is 0 Å². The highest BCUT2D eigenvalue weighted by molar-refractivity contribution is 5.28. The van der Waals surface area contributed by atoms with E-state index in [4.69, 9.17) is 0 Å². The van der Waals surface area contributed by atoms with Gasteiger partial charge in [0.1, 0.15) is 0 Å². The second-order valence-corrected chi connectivity index (χ2v) is 2.89. The number of hydrogen-bond donors (Lipinski definition) is 0. The van der Waals surface area contributed by atoms with Gasteiger partial charge in [-0.05, 0) is 46.1 Å². The van der Waals surface area contributed by atoms with E-state index in [2.05, 4.69) is 52.0 Å². The van der Waals surface area contributed by atoms with Crippen LogP contribution in [0, 0.1) is 0 Å². The molecule has 0 spiro atoms. The van der Waals surface area contributed by atoms with Crippen molar-refractivity contribution in [1.82, 2.24) is 0 Å². The van der Waals surface area contributed by atoms with Gasteiger partial charge in [0.05, 0.1) is 0 Å². The quantitative estimate of drug-likeness (QED) is 0.430. The van der Waals surface area contributed by atoms with E-state index in [0.29, 0.717) is 0 Å². The molecule has 0 saturated heterocycles. The predicted octanol–water partition coefficient (Wildman–Crippen LogP) is 4.26. The zero-order chi connectivity index (χ0) is 9.40. The van der Waals surface area contributed by atoms with Gasteiger partial charge in [0, 0.05) is 0 Å². The summed E-state index contributed by atoms with van der Waals surface area (Å²) in [4.78, 5) is 0. The van der Waals surface area contributed by atoms with Crippen LogP contribution in [0.2, 0.25) is 0 Å². The molecule has 0 aliphatic rings. The van der Waals surface area contributed by atoms with Crippen molar-refractivity contribution in [2.75, 3.05) is 0 Å². The highest BCUT2D eigenvalue weighted by Crippen LogP contribution is 2.15. The van der Waals surface area contributed by atoms with E-state index in [1.54, 1.807) is 0 Å². The van der Waals surface area contributed by atoms with Gasteiger partial charge in [-0.25, -0.2) is 0 Å². The molecule has 0 aromatic carbocycles. The maximum atomic E-state index is 2.21. The molecule has 0 bridgehead atoms. The zero-order valence-corrected chi connectivity index (χ0v) is 8.72. The van der Waals surface area contributed by atoms with Gasteiger partial charge in [0.2, 0.25) is 0 Å². The normalized spacial score (nSPS) is 14.3. The second kappa shape index (κ2) is 6.90. The third-order valence-corrected chi connectivity index (χ3v) is 2.10. The molecule has 0 aliphatic carbocycles. The fraction of sp³-hybridized carbons (Fsp3) is 0.500. The summed E-state index contributed by atoms with van der Waals surface area (Å²) >= 11 is 0. The molecule has 0 unspecified atom stereocenters. The van der Waals surface area contributed by atoms with Gasteiger partial charge in [-0.15, -0.1) is 0 Å². The first-order valence-corrected chi connectivity index (χ1v) is 4.65. The SMILES string of the molecule is C/C=C\CCC(=C/C)/C(C)=C\C. The van der Waals surface area contributed by atoms with E-state index in [1.165, 1.54) is 11.1 Å². The average Bonchev–Trinajstić information content (AvgIpc) is 2.11. The Morgan fingerprint density at radius 2 is 1.75 bits per heavy atom. The van der Waals surface area contributed by atoms with E-state index < -0.39 is 0 Å². The molecule has 0 N–H and O–H groups in total. The van der Waals surface area contributed by atoms with E-state index in [9.17, 15) is 0 Å². The summed E-state index contributed by atoms with van der Waals surface area (Å²) in [5, 5.41) is 0. The Balaban J connectivity index is 4.03. The van der Waals surface area contributed by atoms with E-state index >= 15 is 0 Å². The van der Waals surface area contributed by atoms with Gasteiger partial charge in [-0.3, -0.25) is 0 Å². The molecular formula is C12H20. The van der Waals surface area contributed by atoms with Crippen molar-refractivity contribution >= 4 is 0 Å². The standard InChI is InChI=1S/C12H20/c1-5-8-9-10-12(7-3)11(4)6-2/h5-8H,9-10H2,1-4H3/b8-5-,11-6-,12-7-. The van der Waals surface area contributed by atoms with Crippen LogP contribution in [0.15, 0.2) is 35.5 Å². The van der Waals surface area contributed by atoms with Crippen LogP contribution in [0.5, 0.6) is 0 Å². The van der Waals surface area contributed by atoms with Crippen molar-refractivity contribution in [2.24, 2.45) is 0 Å². The molecule has 68 valence electrons. The summed E-state index contributed by atoms with van der Waals surface area (Å²) in [6, 6.07) is 0. The average molecular weight is 164 g/mol. The molecule has 0 aromatic rings. The minimum absolute atomic E-state index is 1.15. The molecule has 0 atom stereocenters. The van der Waals surface area contributed by atoms with Crippen LogP contribution in [-0.2, 0) is 0 Å². The summed E-state index contributed by atoms with van der Waals surface area (Å²) < 4.78 is 0. The Hall–Kier alpha value is -0.780. The van der Waals surface area contributed by atoms with Crippen LogP contribution in [0.1, 0.15) is 40.5 Å². The van der Waals surface area contributed by atoms with Crippen LogP contribution < -0.4 is 0 Å².